The van der Waals surface area contributed by atoms with Gasteiger partial charge in [-0.25, -0.2) is 9.97 Å². The van der Waals surface area contributed by atoms with Crippen LogP contribution in [0.2, 0.25) is 0 Å². The van der Waals surface area contributed by atoms with Crippen molar-refractivity contribution >= 4 is 11.2 Å². The molecule has 0 bridgehead atoms. The molecule has 108 valence electrons. The van der Waals surface area contributed by atoms with E-state index in [9.17, 15) is 0 Å². The Balaban J connectivity index is 2.00. The van der Waals surface area contributed by atoms with E-state index in [1.807, 2.05) is 18.3 Å². The van der Waals surface area contributed by atoms with Crippen molar-refractivity contribution in [3.8, 4) is 0 Å². The van der Waals surface area contributed by atoms with Crippen LogP contribution in [0.1, 0.15) is 57.8 Å². The quantitative estimate of drug-likeness (QED) is 0.933. The Morgan fingerprint density at radius 2 is 2.05 bits per heavy atom. The van der Waals surface area contributed by atoms with Crippen molar-refractivity contribution in [1.29, 1.82) is 0 Å². The smallest absolute Gasteiger partial charge is 0.160 e. The molecule has 0 amide bonds. The van der Waals surface area contributed by atoms with Gasteiger partial charge in [-0.2, -0.15) is 0 Å². The molecule has 4 nitrogen and oxygen atoms in total. The summed E-state index contributed by atoms with van der Waals surface area (Å²) in [5.74, 6) is 1.10. The van der Waals surface area contributed by atoms with Gasteiger partial charge in [-0.3, -0.25) is 0 Å². The summed E-state index contributed by atoms with van der Waals surface area (Å²) in [6.45, 7) is 4.37. The first-order valence-corrected chi connectivity index (χ1v) is 7.70. The van der Waals surface area contributed by atoms with Gasteiger partial charge in [0.05, 0.1) is 0 Å². The highest BCUT2D eigenvalue weighted by Crippen LogP contribution is 2.30. The van der Waals surface area contributed by atoms with Gasteiger partial charge in [0.1, 0.15) is 11.3 Å². The molecule has 2 aromatic rings. The van der Waals surface area contributed by atoms with E-state index in [0.29, 0.717) is 6.04 Å². The number of aromatic nitrogens is 3. The van der Waals surface area contributed by atoms with E-state index < -0.39 is 0 Å². The average Bonchev–Trinajstić information content (AvgIpc) is 2.76. The van der Waals surface area contributed by atoms with Crippen molar-refractivity contribution in [2.45, 2.75) is 64.0 Å². The highest BCUT2D eigenvalue weighted by molar-refractivity contribution is 5.71. The second-order valence-electron chi connectivity index (χ2n) is 6.44. The maximum atomic E-state index is 6.61. The van der Waals surface area contributed by atoms with E-state index >= 15 is 0 Å². The first kappa shape index (κ1) is 13.6. The van der Waals surface area contributed by atoms with Gasteiger partial charge < -0.3 is 10.3 Å². The van der Waals surface area contributed by atoms with Crippen LogP contribution < -0.4 is 5.73 Å². The topological polar surface area (TPSA) is 56.7 Å². The summed E-state index contributed by atoms with van der Waals surface area (Å²) in [4.78, 5) is 9.29. The van der Waals surface area contributed by atoms with Gasteiger partial charge in [-0.15, -0.1) is 0 Å². The summed E-state index contributed by atoms with van der Waals surface area (Å²) in [6.07, 6.45) is 8.74. The van der Waals surface area contributed by atoms with Crippen LogP contribution in [0.3, 0.4) is 0 Å². The van der Waals surface area contributed by atoms with Crippen molar-refractivity contribution in [3.63, 3.8) is 0 Å². The minimum absolute atomic E-state index is 0.0771. The van der Waals surface area contributed by atoms with Gasteiger partial charge >= 0.3 is 0 Å². The molecule has 1 aliphatic carbocycles. The minimum Gasteiger partial charge on any atom is -0.325 e. The second-order valence-corrected chi connectivity index (χ2v) is 6.44. The molecular formula is C16H24N4. The molecule has 0 aromatic carbocycles. The molecule has 3 rings (SSSR count). The Kier molecular flexibility index (Phi) is 3.50. The lowest BCUT2D eigenvalue weighted by atomic mass is 9.80. The predicted molar refractivity (Wildman–Crippen MR) is 81.6 cm³/mol. The molecular weight excluding hydrogens is 248 g/mol. The molecule has 2 N–H and O–H groups in total. The number of rotatable bonds is 3. The SMILES string of the molecule is CC(C)n1c(CC2(N)CCCCC2)nc2cccnc21. The van der Waals surface area contributed by atoms with Crippen molar-refractivity contribution in [2.75, 3.05) is 0 Å². The Labute approximate surface area is 120 Å². The van der Waals surface area contributed by atoms with Crippen LogP contribution in [0, 0.1) is 0 Å². The van der Waals surface area contributed by atoms with Crippen molar-refractivity contribution in [3.05, 3.63) is 24.2 Å². The largest absolute Gasteiger partial charge is 0.325 e. The van der Waals surface area contributed by atoms with Crippen molar-refractivity contribution in [1.82, 2.24) is 14.5 Å². The fourth-order valence-corrected chi connectivity index (χ4v) is 3.39. The van der Waals surface area contributed by atoms with Gasteiger partial charge in [0.25, 0.3) is 0 Å². The van der Waals surface area contributed by atoms with E-state index in [0.717, 1.165) is 36.3 Å². The summed E-state index contributed by atoms with van der Waals surface area (Å²) in [5, 5.41) is 0. The lowest BCUT2D eigenvalue weighted by Gasteiger charge is -2.33. The molecule has 2 aromatic heterocycles. The Hall–Kier alpha value is -1.42. The Morgan fingerprint density at radius 1 is 1.30 bits per heavy atom. The van der Waals surface area contributed by atoms with Gasteiger partial charge in [0.15, 0.2) is 5.65 Å². The second kappa shape index (κ2) is 5.17. The van der Waals surface area contributed by atoms with Gasteiger partial charge in [-0.1, -0.05) is 19.3 Å². The summed E-state index contributed by atoms with van der Waals surface area (Å²) < 4.78 is 2.25. The highest BCUT2D eigenvalue weighted by atomic mass is 15.1. The number of hydrogen-bond donors (Lipinski definition) is 1. The summed E-state index contributed by atoms with van der Waals surface area (Å²) in [5.41, 5.74) is 8.50. The first-order chi connectivity index (χ1) is 9.59. The fourth-order valence-electron chi connectivity index (χ4n) is 3.39. The van der Waals surface area contributed by atoms with Crippen molar-refractivity contribution < 1.29 is 0 Å². The molecule has 0 saturated heterocycles. The number of hydrogen-bond acceptors (Lipinski definition) is 3. The molecule has 0 atom stereocenters. The third-order valence-corrected chi connectivity index (χ3v) is 4.40. The minimum atomic E-state index is -0.0771. The van der Waals surface area contributed by atoms with E-state index in [2.05, 4.69) is 23.4 Å². The van der Waals surface area contributed by atoms with E-state index in [1.54, 1.807) is 0 Å². The maximum Gasteiger partial charge on any atom is 0.160 e. The fraction of sp³-hybridized carbons (Fsp3) is 0.625. The highest BCUT2D eigenvalue weighted by Gasteiger charge is 2.30. The third-order valence-electron chi connectivity index (χ3n) is 4.40. The average molecular weight is 272 g/mol. The summed E-state index contributed by atoms with van der Waals surface area (Å²) in [7, 11) is 0. The van der Waals surface area contributed by atoms with Crippen LogP contribution in [-0.4, -0.2) is 20.1 Å². The van der Waals surface area contributed by atoms with Gasteiger partial charge in [-0.05, 0) is 38.8 Å². The van der Waals surface area contributed by atoms with Gasteiger partial charge in [0, 0.05) is 24.2 Å². The molecule has 1 fully saturated rings. The normalized spacial score (nSPS) is 18.8. The summed E-state index contributed by atoms with van der Waals surface area (Å²) >= 11 is 0. The number of fused-ring (bicyclic) bond motifs is 1. The van der Waals surface area contributed by atoms with Crippen LogP contribution in [0.25, 0.3) is 11.2 Å². The monoisotopic (exact) mass is 272 g/mol. The Morgan fingerprint density at radius 3 is 2.75 bits per heavy atom. The van der Waals surface area contributed by atoms with E-state index in [1.165, 1.54) is 19.3 Å². The zero-order chi connectivity index (χ0) is 14.2. The molecule has 4 heteroatoms. The van der Waals surface area contributed by atoms with Crippen LogP contribution in [0.5, 0.6) is 0 Å². The van der Waals surface area contributed by atoms with Gasteiger partial charge in [0.2, 0.25) is 0 Å². The zero-order valence-electron chi connectivity index (χ0n) is 12.5. The lowest BCUT2D eigenvalue weighted by Crippen LogP contribution is -2.44. The van der Waals surface area contributed by atoms with Crippen LogP contribution in [0.15, 0.2) is 18.3 Å². The van der Waals surface area contributed by atoms with Crippen molar-refractivity contribution in [2.24, 2.45) is 5.73 Å². The molecule has 20 heavy (non-hydrogen) atoms. The number of nitrogens with two attached hydrogens (primary N) is 1. The lowest BCUT2D eigenvalue weighted by molar-refractivity contribution is 0.286. The van der Waals surface area contributed by atoms with Crippen LogP contribution >= 0.6 is 0 Å². The first-order valence-electron chi connectivity index (χ1n) is 7.70. The number of nitrogens with zero attached hydrogens (tertiary/aromatic N) is 3. The van der Waals surface area contributed by atoms with Crippen LogP contribution in [0.4, 0.5) is 0 Å². The number of pyridine rings is 1. The molecule has 1 saturated carbocycles. The maximum absolute atomic E-state index is 6.61. The molecule has 0 aliphatic heterocycles. The van der Waals surface area contributed by atoms with E-state index in [-0.39, 0.29) is 5.54 Å². The zero-order valence-corrected chi connectivity index (χ0v) is 12.5. The predicted octanol–water partition coefficient (Wildman–Crippen LogP) is 3.22. The molecule has 0 radical (unpaired) electrons. The molecule has 0 unspecified atom stereocenters. The standard InChI is InChI=1S/C16H24N4/c1-12(2)20-14(11-16(17)8-4-3-5-9-16)19-13-7-6-10-18-15(13)20/h6-7,10,12H,3-5,8-9,11,17H2,1-2H3. The Bertz CT molecular complexity index is 594. The van der Waals surface area contributed by atoms with E-state index in [4.69, 9.17) is 10.7 Å². The molecule has 0 spiro atoms. The van der Waals surface area contributed by atoms with Crippen LogP contribution in [-0.2, 0) is 6.42 Å². The summed E-state index contributed by atoms with van der Waals surface area (Å²) in [6, 6.07) is 4.34. The molecule has 1 aliphatic rings. The molecule has 2 heterocycles. The number of imidazole rings is 1. The third kappa shape index (κ3) is 2.44.